The van der Waals surface area contributed by atoms with Crippen LogP contribution in [0.3, 0.4) is 0 Å². The Bertz CT molecular complexity index is 23.0. The van der Waals surface area contributed by atoms with Gasteiger partial charge in [-0.3, -0.25) is 0 Å². The summed E-state index contributed by atoms with van der Waals surface area (Å²) in [5.74, 6) is 0. The topological polar surface area (TPSA) is 31.5 Å². The van der Waals surface area contributed by atoms with Gasteiger partial charge in [0.2, 0.25) is 0 Å². The van der Waals surface area contributed by atoms with E-state index in [2.05, 4.69) is 0 Å². The normalized spacial score (nSPS) is 12.7. The van der Waals surface area contributed by atoms with Crippen molar-refractivity contribution in [1.82, 2.24) is 0 Å². The second-order valence-corrected chi connectivity index (χ2v) is 1.34. The molecule has 0 aromatic rings. The molecule has 0 aliphatic heterocycles. The van der Waals surface area contributed by atoms with E-state index in [0.717, 1.165) is 0 Å². The van der Waals surface area contributed by atoms with Gasteiger partial charge in [0.1, 0.15) is 0 Å². The van der Waals surface area contributed by atoms with Gasteiger partial charge in [-0.2, -0.15) is 0 Å². The zero-order chi connectivity index (χ0) is 4.50. The number of halogens is 4. The second-order valence-electron chi connectivity index (χ2n) is 0.324. The molecule has 0 atom stereocenters. The Balaban J connectivity index is 0. The van der Waals surface area contributed by atoms with Crippen molar-refractivity contribution in [2.45, 2.75) is 0 Å². The van der Waals surface area contributed by atoms with Gasteiger partial charge in [-0.05, 0) is 0 Å². The molecule has 6 heteroatoms. The Hall–Kier alpha value is 0.199. The maximum absolute atomic E-state index is 9.83. The Labute approximate surface area is 35.3 Å². The zero-order valence-electron chi connectivity index (χ0n) is 2.39. The van der Waals surface area contributed by atoms with E-state index in [1.807, 2.05) is 0 Å². The van der Waals surface area contributed by atoms with E-state index >= 15 is 0 Å². The van der Waals surface area contributed by atoms with E-state index in [9.17, 15) is 14.2 Å². The second kappa shape index (κ2) is 2.39. The van der Waals surface area contributed by atoms with Crippen molar-refractivity contribution < 1.29 is 34.3 Å². The average molecular weight is 149 g/mol. The molecule has 2 N–H and O–H groups in total. The van der Waals surface area contributed by atoms with Crippen LogP contribution in [-0.2, 0) is 14.7 Å². The van der Waals surface area contributed by atoms with Gasteiger partial charge < -0.3 is 5.48 Å². The molecule has 0 spiro atoms. The van der Waals surface area contributed by atoms with Crippen LogP contribution in [0.5, 0.6) is 0 Å². The van der Waals surface area contributed by atoms with Gasteiger partial charge in [0.05, 0.1) is 0 Å². The number of rotatable bonds is 0. The van der Waals surface area contributed by atoms with Crippen LogP contribution in [0.15, 0.2) is 0 Å². The molecular formula is H2F4MnO. The Morgan fingerprint density at radius 1 is 0.833 bits per heavy atom. The molecule has 0 aromatic carbocycles. The van der Waals surface area contributed by atoms with Crippen molar-refractivity contribution in [3.05, 3.63) is 0 Å². The first-order valence-corrected chi connectivity index (χ1v) is 2.36. The fraction of sp³-hybridized carbons (Fsp3) is 0. The summed E-state index contributed by atoms with van der Waals surface area (Å²) in [6.45, 7) is 0. The van der Waals surface area contributed by atoms with Crippen molar-refractivity contribution in [2.75, 3.05) is 0 Å². The van der Waals surface area contributed by atoms with Crippen LogP contribution in [0, 0.1) is 0 Å². The Morgan fingerprint density at radius 3 is 0.833 bits per heavy atom. The van der Waals surface area contributed by atoms with E-state index in [0.29, 0.717) is 0 Å². The van der Waals surface area contributed by atoms with Crippen molar-refractivity contribution in [3.63, 3.8) is 0 Å². The minimum absolute atomic E-state index is 0. The van der Waals surface area contributed by atoms with Gasteiger partial charge in [0.25, 0.3) is 0 Å². The van der Waals surface area contributed by atoms with Crippen LogP contribution in [-0.4, -0.2) is 5.48 Å². The van der Waals surface area contributed by atoms with E-state index in [4.69, 9.17) is 0 Å². The Kier molecular flexibility index (Phi) is 3.78. The van der Waals surface area contributed by atoms with Gasteiger partial charge >= 0.3 is 28.9 Å². The molecular weight excluding hydrogens is 147 g/mol. The van der Waals surface area contributed by atoms with Crippen molar-refractivity contribution >= 4 is 0 Å². The SMILES string of the molecule is O.[F][Mn]([F])([F])[F]. The van der Waals surface area contributed by atoms with Crippen molar-refractivity contribution in [2.24, 2.45) is 0 Å². The molecule has 0 unspecified atom stereocenters. The van der Waals surface area contributed by atoms with Crippen LogP contribution in [0.25, 0.3) is 0 Å². The minimum atomic E-state index is -6.62. The van der Waals surface area contributed by atoms with Crippen LogP contribution < -0.4 is 0 Å². The third-order valence-corrected chi connectivity index (χ3v) is 0. The first-order chi connectivity index (χ1) is 2.00. The van der Waals surface area contributed by atoms with E-state index < -0.39 is 14.7 Å². The fourth-order valence-corrected chi connectivity index (χ4v) is 0. The van der Waals surface area contributed by atoms with Gasteiger partial charge in [-0.15, -0.1) is 0 Å². The third kappa shape index (κ3) is 1080. The molecule has 6 heavy (non-hydrogen) atoms. The maximum atomic E-state index is 9.83. The molecule has 43 valence electrons. The number of hydrogen-bond acceptors (Lipinski definition) is 0. The summed E-state index contributed by atoms with van der Waals surface area (Å²) in [7, 11) is 0. The molecule has 0 aromatic heterocycles. The van der Waals surface area contributed by atoms with Crippen LogP contribution in [0.1, 0.15) is 0 Å². The molecule has 0 radical (unpaired) electrons. The zero-order valence-corrected chi connectivity index (χ0v) is 3.57. The van der Waals surface area contributed by atoms with E-state index in [1.54, 1.807) is 0 Å². The van der Waals surface area contributed by atoms with Crippen molar-refractivity contribution in [3.8, 4) is 0 Å². The monoisotopic (exact) mass is 149 g/mol. The summed E-state index contributed by atoms with van der Waals surface area (Å²) < 4.78 is 39.3. The van der Waals surface area contributed by atoms with Gasteiger partial charge in [-0.25, -0.2) is 0 Å². The van der Waals surface area contributed by atoms with Gasteiger partial charge in [0.15, 0.2) is 0 Å². The van der Waals surface area contributed by atoms with Crippen molar-refractivity contribution in [1.29, 1.82) is 0 Å². The molecule has 0 amide bonds. The molecule has 1 nitrogen and oxygen atoms in total. The van der Waals surface area contributed by atoms with Crippen LogP contribution in [0.2, 0.25) is 0 Å². The molecule has 0 bridgehead atoms. The van der Waals surface area contributed by atoms with Gasteiger partial charge in [-0.1, -0.05) is 0 Å². The predicted molar refractivity (Wildman–Crippen MR) is 8.05 cm³/mol. The molecule has 0 aliphatic rings. The summed E-state index contributed by atoms with van der Waals surface area (Å²) in [6, 6.07) is 0. The third-order valence-electron chi connectivity index (χ3n) is 0. The quantitative estimate of drug-likeness (QED) is 0.361. The molecule has 0 heterocycles. The van der Waals surface area contributed by atoms with Crippen LogP contribution >= 0.6 is 0 Å². The van der Waals surface area contributed by atoms with Gasteiger partial charge in [0, 0.05) is 0 Å². The first kappa shape index (κ1) is 9.50. The predicted octanol–water partition coefficient (Wildman–Crippen LogP) is 0.854. The molecule has 0 aliphatic carbocycles. The first-order valence-electron chi connectivity index (χ1n) is 0.571. The molecule has 0 saturated heterocycles. The van der Waals surface area contributed by atoms with E-state index in [1.165, 1.54) is 0 Å². The molecule has 0 rings (SSSR count). The Morgan fingerprint density at radius 2 is 0.833 bits per heavy atom. The van der Waals surface area contributed by atoms with E-state index in [-0.39, 0.29) is 5.48 Å². The summed E-state index contributed by atoms with van der Waals surface area (Å²) >= 11 is -6.62. The number of hydrogen-bond donors (Lipinski definition) is 0. The molecule has 0 saturated carbocycles. The summed E-state index contributed by atoms with van der Waals surface area (Å²) in [5, 5.41) is 0. The summed E-state index contributed by atoms with van der Waals surface area (Å²) in [5.41, 5.74) is 0. The van der Waals surface area contributed by atoms with Crippen LogP contribution in [0.4, 0.5) is 14.2 Å². The fourth-order valence-electron chi connectivity index (χ4n) is 0. The summed E-state index contributed by atoms with van der Waals surface area (Å²) in [4.78, 5) is 0. The summed E-state index contributed by atoms with van der Waals surface area (Å²) in [6.07, 6.45) is 0. The standard InChI is InChI=1S/4FH.Mn.H2O/h4*1H;;1H2/q;;;;+4;/p-4. The molecule has 0 fully saturated rings. The average Bonchev–Trinajstić information content (AvgIpc) is 0.722.